The summed E-state index contributed by atoms with van der Waals surface area (Å²) in [6.45, 7) is 1.76. The highest BCUT2D eigenvalue weighted by Crippen LogP contribution is 2.43. The summed E-state index contributed by atoms with van der Waals surface area (Å²) in [7, 11) is 0. The van der Waals surface area contributed by atoms with Crippen molar-refractivity contribution in [1.29, 1.82) is 0 Å². The molecule has 1 aliphatic heterocycles. The highest BCUT2D eigenvalue weighted by atomic mass is 32.1. The Bertz CT molecular complexity index is 563. The zero-order valence-corrected chi connectivity index (χ0v) is 11.9. The lowest BCUT2D eigenvalue weighted by atomic mass is 9.81. The minimum Gasteiger partial charge on any atom is -0.277 e. The van der Waals surface area contributed by atoms with Gasteiger partial charge in [-0.05, 0) is 19.8 Å². The number of barbiturate groups is 1. The number of nitrogens with zero attached hydrogens (tertiary/aromatic N) is 2. The van der Waals surface area contributed by atoms with E-state index in [2.05, 4.69) is 10.3 Å². The van der Waals surface area contributed by atoms with E-state index in [1.807, 2.05) is 0 Å². The Balaban J connectivity index is 1.96. The molecule has 1 saturated heterocycles. The first kappa shape index (κ1) is 13.2. The van der Waals surface area contributed by atoms with Gasteiger partial charge in [-0.3, -0.25) is 19.8 Å². The molecule has 1 unspecified atom stereocenters. The van der Waals surface area contributed by atoms with E-state index in [9.17, 15) is 14.4 Å². The maximum atomic E-state index is 12.7. The maximum absolute atomic E-state index is 12.7. The van der Waals surface area contributed by atoms with E-state index >= 15 is 0 Å². The Kier molecular flexibility index (Phi) is 3.08. The van der Waals surface area contributed by atoms with Crippen LogP contribution in [0.2, 0.25) is 0 Å². The van der Waals surface area contributed by atoms with Crippen LogP contribution >= 0.6 is 11.3 Å². The van der Waals surface area contributed by atoms with Crippen molar-refractivity contribution in [3.63, 3.8) is 0 Å². The van der Waals surface area contributed by atoms with Gasteiger partial charge >= 0.3 is 6.03 Å². The van der Waals surface area contributed by atoms with Crippen molar-refractivity contribution in [2.45, 2.75) is 38.6 Å². The second-order valence-corrected chi connectivity index (χ2v) is 6.20. The Morgan fingerprint density at radius 2 is 2.05 bits per heavy atom. The Labute approximate surface area is 120 Å². The Hall–Kier alpha value is -1.76. The summed E-state index contributed by atoms with van der Waals surface area (Å²) in [5.41, 5.74) is -1.04. The molecule has 1 N–H and O–H groups in total. The van der Waals surface area contributed by atoms with Crippen LogP contribution < -0.4 is 5.32 Å². The standard InChI is InChI=1S/C13H15N3O3S/c1-8(9-14-6-7-20-9)16-11(18)13(4-2-3-5-13)10(17)15-12(16)19/h6-8H,2-5H2,1H3,(H,15,17,19). The minimum absolute atomic E-state index is 0.369. The van der Waals surface area contributed by atoms with Gasteiger partial charge in [-0.1, -0.05) is 12.8 Å². The van der Waals surface area contributed by atoms with Crippen LogP contribution in [0.3, 0.4) is 0 Å². The van der Waals surface area contributed by atoms with Crippen molar-refractivity contribution in [1.82, 2.24) is 15.2 Å². The first-order valence-corrected chi connectivity index (χ1v) is 7.53. The van der Waals surface area contributed by atoms with E-state index in [4.69, 9.17) is 0 Å². The van der Waals surface area contributed by atoms with Crippen LogP contribution in [0.25, 0.3) is 0 Å². The molecule has 1 aromatic heterocycles. The van der Waals surface area contributed by atoms with Gasteiger partial charge in [0, 0.05) is 11.6 Å². The number of imide groups is 2. The van der Waals surface area contributed by atoms with Gasteiger partial charge in [-0.2, -0.15) is 0 Å². The van der Waals surface area contributed by atoms with Crippen molar-refractivity contribution < 1.29 is 14.4 Å². The maximum Gasteiger partial charge on any atom is 0.331 e. The first-order valence-electron chi connectivity index (χ1n) is 6.65. The summed E-state index contributed by atoms with van der Waals surface area (Å²) in [5.74, 6) is -0.806. The van der Waals surface area contributed by atoms with Gasteiger partial charge < -0.3 is 0 Å². The van der Waals surface area contributed by atoms with E-state index in [1.165, 1.54) is 11.3 Å². The van der Waals surface area contributed by atoms with Gasteiger partial charge in [-0.15, -0.1) is 11.3 Å². The molecule has 0 bridgehead atoms. The fraction of sp³-hybridized carbons (Fsp3) is 0.538. The van der Waals surface area contributed by atoms with Crippen molar-refractivity contribution in [3.05, 3.63) is 16.6 Å². The predicted octanol–water partition coefficient (Wildman–Crippen LogP) is 1.84. The van der Waals surface area contributed by atoms with Crippen molar-refractivity contribution in [2.24, 2.45) is 5.41 Å². The summed E-state index contributed by atoms with van der Waals surface area (Å²) >= 11 is 1.39. The highest BCUT2D eigenvalue weighted by molar-refractivity contribution is 7.09. The SMILES string of the molecule is CC(c1nccs1)N1C(=O)NC(=O)C2(CCCC2)C1=O. The van der Waals surface area contributed by atoms with Crippen LogP contribution in [0.15, 0.2) is 11.6 Å². The fourth-order valence-corrected chi connectivity index (χ4v) is 3.70. The number of urea groups is 1. The second kappa shape index (κ2) is 4.66. The molecule has 0 radical (unpaired) electrons. The third-order valence-corrected chi connectivity index (χ3v) is 5.10. The van der Waals surface area contributed by atoms with Crippen LogP contribution in [-0.4, -0.2) is 27.7 Å². The van der Waals surface area contributed by atoms with Gasteiger partial charge in [0.05, 0.1) is 6.04 Å². The summed E-state index contributed by atoms with van der Waals surface area (Å²) in [6.07, 6.45) is 4.36. The molecule has 2 heterocycles. The first-order chi connectivity index (χ1) is 9.56. The lowest BCUT2D eigenvalue weighted by molar-refractivity contribution is -0.152. The summed E-state index contributed by atoms with van der Waals surface area (Å²) in [4.78, 5) is 42.2. The van der Waals surface area contributed by atoms with Crippen molar-refractivity contribution in [2.75, 3.05) is 0 Å². The molecule has 0 aromatic carbocycles. The van der Waals surface area contributed by atoms with Crippen LogP contribution in [0.4, 0.5) is 4.79 Å². The topological polar surface area (TPSA) is 79.4 Å². The number of hydrogen-bond donors (Lipinski definition) is 1. The quantitative estimate of drug-likeness (QED) is 0.844. The van der Waals surface area contributed by atoms with E-state index < -0.39 is 23.4 Å². The molecule has 1 saturated carbocycles. The average molecular weight is 293 g/mol. The molecule has 1 spiro atoms. The highest BCUT2D eigenvalue weighted by Gasteiger charge is 2.56. The molecule has 7 heteroatoms. The summed E-state index contributed by atoms with van der Waals surface area (Å²) in [5, 5.41) is 4.83. The third kappa shape index (κ3) is 1.76. The van der Waals surface area contributed by atoms with Crippen LogP contribution in [-0.2, 0) is 9.59 Å². The average Bonchev–Trinajstić information content (AvgIpc) is 3.09. The molecule has 106 valence electrons. The second-order valence-electron chi connectivity index (χ2n) is 5.27. The molecule has 2 aliphatic rings. The lowest BCUT2D eigenvalue weighted by Crippen LogP contribution is -2.63. The minimum atomic E-state index is -1.04. The van der Waals surface area contributed by atoms with E-state index in [-0.39, 0.29) is 5.91 Å². The Morgan fingerprint density at radius 1 is 1.35 bits per heavy atom. The van der Waals surface area contributed by atoms with Gasteiger partial charge in [0.1, 0.15) is 10.4 Å². The number of amides is 4. The number of carbonyl (C=O) groups excluding carboxylic acids is 3. The van der Waals surface area contributed by atoms with Gasteiger partial charge in [0.2, 0.25) is 11.8 Å². The summed E-state index contributed by atoms with van der Waals surface area (Å²) < 4.78 is 0. The molecule has 6 nitrogen and oxygen atoms in total. The van der Waals surface area contributed by atoms with Gasteiger partial charge in [0.15, 0.2) is 0 Å². The van der Waals surface area contributed by atoms with Gasteiger partial charge in [-0.25, -0.2) is 9.78 Å². The van der Waals surface area contributed by atoms with Crippen molar-refractivity contribution in [3.8, 4) is 0 Å². The molecule has 1 atom stereocenters. The molecule has 3 rings (SSSR count). The number of carbonyl (C=O) groups is 3. The van der Waals surface area contributed by atoms with Gasteiger partial charge in [0.25, 0.3) is 0 Å². The number of rotatable bonds is 2. The molecule has 20 heavy (non-hydrogen) atoms. The predicted molar refractivity (Wildman–Crippen MR) is 71.8 cm³/mol. The zero-order chi connectivity index (χ0) is 14.3. The zero-order valence-electron chi connectivity index (χ0n) is 11.1. The smallest absolute Gasteiger partial charge is 0.277 e. The molecular weight excluding hydrogens is 278 g/mol. The van der Waals surface area contributed by atoms with Crippen LogP contribution in [0, 0.1) is 5.41 Å². The van der Waals surface area contributed by atoms with Crippen LogP contribution in [0.1, 0.15) is 43.7 Å². The normalized spacial score (nSPS) is 23.2. The third-order valence-electron chi connectivity index (χ3n) is 4.16. The largest absolute Gasteiger partial charge is 0.331 e. The molecule has 4 amide bonds. The molecular formula is C13H15N3O3S. The molecule has 1 aromatic rings. The van der Waals surface area contributed by atoms with E-state index in [1.54, 1.807) is 18.5 Å². The number of hydrogen-bond acceptors (Lipinski definition) is 5. The number of aromatic nitrogens is 1. The fourth-order valence-electron chi connectivity index (χ4n) is 3.02. The summed E-state index contributed by atoms with van der Waals surface area (Å²) in [6, 6.07) is -1.09. The van der Waals surface area contributed by atoms with Crippen LogP contribution in [0.5, 0.6) is 0 Å². The Morgan fingerprint density at radius 3 is 2.65 bits per heavy atom. The number of nitrogens with one attached hydrogen (secondary N) is 1. The molecule has 2 fully saturated rings. The lowest BCUT2D eigenvalue weighted by Gasteiger charge is -2.39. The van der Waals surface area contributed by atoms with Crippen molar-refractivity contribution >= 4 is 29.2 Å². The van der Waals surface area contributed by atoms with E-state index in [0.717, 1.165) is 17.7 Å². The number of thiazole rings is 1. The molecule has 1 aliphatic carbocycles. The van der Waals surface area contributed by atoms with E-state index in [0.29, 0.717) is 17.8 Å². The monoisotopic (exact) mass is 293 g/mol.